The number of thiazole rings is 1. The molecule has 94 valence electrons. The molecule has 1 N–H and O–H groups in total. The molecule has 0 fully saturated rings. The summed E-state index contributed by atoms with van der Waals surface area (Å²) >= 11 is 3.21. The van der Waals surface area contributed by atoms with Crippen molar-refractivity contribution in [2.75, 3.05) is 0 Å². The molecule has 0 atom stereocenters. The largest absolute Gasteiger partial charge is 0.481 e. The number of hydrogen-bond acceptors (Lipinski definition) is 4. The average Bonchev–Trinajstić information content (AvgIpc) is 2.68. The van der Waals surface area contributed by atoms with Crippen molar-refractivity contribution in [2.45, 2.75) is 24.0 Å². The van der Waals surface area contributed by atoms with Crippen molar-refractivity contribution in [3.8, 4) is 0 Å². The van der Waals surface area contributed by atoms with Crippen molar-refractivity contribution in [2.24, 2.45) is 0 Å². The van der Waals surface area contributed by atoms with Gasteiger partial charge in [0.15, 0.2) is 0 Å². The number of carboxylic acids is 1. The normalized spacial score (nSPS) is 10.5. The lowest BCUT2D eigenvalue weighted by Gasteiger charge is -1.97. The number of benzene rings is 1. The second-order valence-corrected chi connectivity index (χ2v) is 6.01. The number of carbonyl (C=O) groups is 1. The van der Waals surface area contributed by atoms with Gasteiger partial charge in [-0.05, 0) is 19.1 Å². The molecular formula is C13H13NO2S2. The second kappa shape index (κ2) is 6.02. The number of aromatic nitrogens is 1. The van der Waals surface area contributed by atoms with Crippen LogP contribution in [0.15, 0.2) is 35.2 Å². The van der Waals surface area contributed by atoms with Gasteiger partial charge in [0.05, 0.1) is 17.9 Å². The van der Waals surface area contributed by atoms with E-state index in [1.807, 2.05) is 25.1 Å². The molecule has 1 aromatic heterocycles. The summed E-state index contributed by atoms with van der Waals surface area (Å²) in [5.74, 6) is -0.0150. The van der Waals surface area contributed by atoms with Crippen molar-refractivity contribution in [3.05, 3.63) is 45.9 Å². The first-order chi connectivity index (χ1) is 8.65. The number of thioether (sulfide) groups is 1. The molecular weight excluding hydrogens is 266 g/mol. The van der Waals surface area contributed by atoms with E-state index in [1.165, 1.54) is 16.2 Å². The molecule has 1 aromatic carbocycles. The highest BCUT2D eigenvalue weighted by molar-refractivity contribution is 7.98. The fourth-order valence-corrected chi connectivity index (χ4v) is 3.49. The van der Waals surface area contributed by atoms with E-state index >= 15 is 0 Å². The number of nitrogens with zero attached hydrogens (tertiary/aromatic N) is 1. The van der Waals surface area contributed by atoms with Crippen LogP contribution in [0.2, 0.25) is 0 Å². The van der Waals surface area contributed by atoms with E-state index in [0.29, 0.717) is 0 Å². The molecule has 2 aromatic rings. The number of carboxylic acid groups (broad SMARTS) is 1. The number of aryl methyl sites for hydroxylation is 1. The van der Waals surface area contributed by atoms with Crippen molar-refractivity contribution in [1.29, 1.82) is 0 Å². The summed E-state index contributed by atoms with van der Waals surface area (Å²) in [6.45, 7) is 1.87. The molecule has 0 spiro atoms. The van der Waals surface area contributed by atoms with Crippen LogP contribution in [0.3, 0.4) is 0 Å². The predicted molar refractivity (Wildman–Crippen MR) is 74.2 cm³/mol. The molecule has 0 unspecified atom stereocenters. The quantitative estimate of drug-likeness (QED) is 0.853. The Balaban J connectivity index is 2.00. The highest BCUT2D eigenvalue weighted by Crippen LogP contribution is 2.26. The minimum absolute atomic E-state index is 0.0690. The number of rotatable bonds is 5. The van der Waals surface area contributed by atoms with Crippen LogP contribution in [0.4, 0.5) is 0 Å². The van der Waals surface area contributed by atoms with Gasteiger partial charge >= 0.3 is 5.97 Å². The van der Waals surface area contributed by atoms with Crippen LogP contribution in [-0.4, -0.2) is 16.1 Å². The third kappa shape index (κ3) is 3.58. The van der Waals surface area contributed by atoms with E-state index in [9.17, 15) is 4.79 Å². The molecule has 5 heteroatoms. The summed E-state index contributed by atoms with van der Waals surface area (Å²) < 4.78 is 0. The Labute approximate surface area is 114 Å². The van der Waals surface area contributed by atoms with Gasteiger partial charge in [-0.3, -0.25) is 4.79 Å². The van der Waals surface area contributed by atoms with Gasteiger partial charge in [-0.25, -0.2) is 4.98 Å². The van der Waals surface area contributed by atoms with E-state index in [1.54, 1.807) is 11.8 Å². The van der Waals surface area contributed by atoms with Gasteiger partial charge in [0, 0.05) is 9.77 Å². The third-order valence-corrected chi connectivity index (χ3v) is 4.72. The molecule has 3 nitrogen and oxygen atoms in total. The molecule has 0 aliphatic carbocycles. The van der Waals surface area contributed by atoms with Crippen LogP contribution in [0.5, 0.6) is 0 Å². The molecule has 0 saturated heterocycles. The third-order valence-electron chi connectivity index (χ3n) is 2.35. The van der Waals surface area contributed by atoms with E-state index < -0.39 is 5.97 Å². The van der Waals surface area contributed by atoms with Gasteiger partial charge in [-0.2, -0.15) is 0 Å². The maximum absolute atomic E-state index is 10.7. The molecule has 1 heterocycles. The van der Waals surface area contributed by atoms with Crippen molar-refractivity contribution in [1.82, 2.24) is 4.98 Å². The summed E-state index contributed by atoms with van der Waals surface area (Å²) in [5, 5.41) is 9.77. The standard InChI is InChI=1S/C13H13NO2S2/c1-9-11(7-13(15)16)18-12(14-9)8-17-10-5-3-2-4-6-10/h2-6H,7-8H2,1H3,(H,15,16). The summed E-state index contributed by atoms with van der Waals surface area (Å²) in [4.78, 5) is 17.1. The molecule has 2 rings (SSSR count). The summed E-state index contributed by atoms with van der Waals surface area (Å²) in [5.41, 5.74) is 0.839. The van der Waals surface area contributed by atoms with Gasteiger partial charge in [-0.15, -0.1) is 23.1 Å². The lowest BCUT2D eigenvalue weighted by Crippen LogP contribution is -1.99. The second-order valence-electron chi connectivity index (χ2n) is 3.79. The maximum atomic E-state index is 10.7. The zero-order valence-electron chi connectivity index (χ0n) is 9.92. The van der Waals surface area contributed by atoms with Crippen LogP contribution < -0.4 is 0 Å². The summed E-state index contributed by atoms with van der Waals surface area (Å²) in [7, 11) is 0. The summed E-state index contributed by atoms with van der Waals surface area (Å²) in [6, 6.07) is 10.1. The first kappa shape index (κ1) is 13.1. The smallest absolute Gasteiger partial charge is 0.308 e. The molecule has 0 radical (unpaired) electrons. The predicted octanol–water partition coefficient (Wildman–Crippen LogP) is 3.37. The van der Waals surface area contributed by atoms with Crippen molar-refractivity contribution < 1.29 is 9.90 Å². The fourth-order valence-electron chi connectivity index (χ4n) is 1.51. The average molecular weight is 279 g/mol. The van der Waals surface area contributed by atoms with Crippen LogP contribution in [-0.2, 0) is 17.0 Å². The molecule has 0 saturated carbocycles. The lowest BCUT2D eigenvalue weighted by atomic mass is 10.3. The topological polar surface area (TPSA) is 50.2 Å². The van der Waals surface area contributed by atoms with Crippen LogP contribution in [0.25, 0.3) is 0 Å². The van der Waals surface area contributed by atoms with Crippen LogP contribution in [0, 0.1) is 6.92 Å². The Morgan fingerprint density at radius 3 is 2.78 bits per heavy atom. The van der Waals surface area contributed by atoms with Gasteiger partial charge in [0.25, 0.3) is 0 Å². The molecule has 18 heavy (non-hydrogen) atoms. The molecule has 0 bridgehead atoms. The van der Waals surface area contributed by atoms with E-state index in [0.717, 1.165) is 21.3 Å². The number of hydrogen-bond donors (Lipinski definition) is 1. The van der Waals surface area contributed by atoms with Gasteiger partial charge in [-0.1, -0.05) is 18.2 Å². The monoisotopic (exact) mass is 279 g/mol. The zero-order chi connectivity index (χ0) is 13.0. The van der Waals surface area contributed by atoms with E-state index in [2.05, 4.69) is 17.1 Å². The van der Waals surface area contributed by atoms with Crippen molar-refractivity contribution >= 4 is 29.1 Å². The first-order valence-corrected chi connectivity index (χ1v) is 7.30. The summed E-state index contributed by atoms with van der Waals surface area (Å²) in [6.07, 6.45) is 0.0690. The Kier molecular flexibility index (Phi) is 4.38. The SMILES string of the molecule is Cc1nc(CSc2ccccc2)sc1CC(=O)O. The van der Waals surface area contributed by atoms with E-state index in [-0.39, 0.29) is 6.42 Å². The molecule has 0 aliphatic heterocycles. The Bertz CT molecular complexity index is 537. The van der Waals surface area contributed by atoms with E-state index in [4.69, 9.17) is 5.11 Å². The van der Waals surface area contributed by atoms with Gasteiger partial charge < -0.3 is 5.11 Å². The minimum atomic E-state index is -0.802. The zero-order valence-corrected chi connectivity index (χ0v) is 11.6. The molecule has 0 aliphatic rings. The minimum Gasteiger partial charge on any atom is -0.481 e. The first-order valence-electron chi connectivity index (χ1n) is 5.50. The van der Waals surface area contributed by atoms with Crippen molar-refractivity contribution in [3.63, 3.8) is 0 Å². The van der Waals surface area contributed by atoms with Crippen LogP contribution in [0.1, 0.15) is 15.6 Å². The van der Waals surface area contributed by atoms with Gasteiger partial charge in [0.2, 0.25) is 0 Å². The highest BCUT2D eigenvalue weighted by Gasteiger charge is 2.10. The Hall–Kier alpha value is -1.33. The number of aliphatic carboxylic acids is 1. The lowest BCUT2D eigenvalue weighted by molar-refractivity contribution is -0.136. The Morgan fingerprint density at radius 2 is 2.11 bits per heavy atom. The van der Waals surface area contributed by atoms with Crippen LogP contribution >= 0.6 is 23.1 Å². The molecule has 0 amide bonds. The highest BCUT2D eigenvalue weighted by atomic mass is 32.2. The maximum Gasteiger partial charge on any atom is 0.308 e. The Morgan fingerprint density at radius 1 is 1.39 bits per heavy atom. The fraction of sp³-hybridized carbons (Fsp3) is 0.231. The van der Waals surface area contributed by atoms with Gasteiger partial charge in [0.1, 0.15) is 5.01 Å².